The Balaban J connectivity index is 2.61. The summed E-state index contributed by atoms with van der Waals surface area (Å²) in [5.74, 6) is 2.01. The van der Waals surface area contributed by atoms with E-state index < -0.39 is 0 Å². The van der Waals surface area contributed by atoms with Gasteiger partial charge in [-0.15, -0.1) is 0 Å². The van der Waals surface area contributed by atoms with E-state index in [1.165, 1.54) is 0 Å². The Hall–Kier alpha value is -2.17. The predicted octanol–water partition coefficient (Wildman–Crippen LogP) is 1.98. The van der Waals surface area contributed by atoms with E-state index in [1.54, 1.807) is 20.4 Å². The summed E-state index contributed by atoms with van der Waals surface area (Å²) in [6, 6.07) is 3.82. The number of hydrogen-bond donors (Lipinski definition) is 2. The summed E-state index contributed by atoms with van der Waals surface area (Å²) >= 11 is 0. The average molecular weight is 233 g/mol. The quantitative estimate of drug-likeness (QED) is 0.850. The van der Waals surface area contributed by atoms with Gasteiger partial charge in [-0.3, -0.25) is 5.10 Å². The molecule has 0 atom stereocenters. The predicted molar refractivity (Wildman–Crippen MR) is 66.3 cm³/mol. The topological polar surface area (TPSA) is 73.2 Å². The van der Waals surface area contributed by atoms with Crippen molar-refractivity contribution >= 4 is 5.82 Å². The van der Waals surface area contributed by atoms with Crippen molar-refractivity contribution in [3.05, 3.63) is 23.9 Å². The molecule has 2 aromatic rings. The monoisotopic (exact) mass is 233 g/mol. The van der Waals surface area contributed by atoms with Crippen LogP contribution in [-0.2, 0) is 0 Å². The fraction of sp³-hybridized carbons (Fsp3) is 0.250. The fourth-order valence-electron chi connectivity index (χ4n) is 1.78. The maximum absolute atomic E-state index is 5.81. The SMILES string of the molecule is COc1cc(OC)c(-c2cn[nH]c2N)cc1C. The Morgan fingerprint density at radius 2 is 1.82 bits per heavy atom. The molecule has 17 heavy (non-hydrogen) atoms. The molecule has 0 saturated carbocycles. The molecule has 3 N–H and O–H groups in total. The number of nitrogen functional groups attached to an aromatic ring is 1. The van der Waals surface area contributed by atoms with Gasteiger partial charge in [0.1, 0.15) is 17.3 Å². The number of nitrogens with zero attached hydrogens (tertiary/aromatic N) is 1. The summed E-state index contributed by atoms with van der Waals surface area (Å²) in [6.45, 7) is 1.97. The van der Waals surface area contributed by atoms with E-state index in [4.69, 9.17) is 15.2 Å². The van der Waals surface area contributed by atoms with Gasteiger partial charge in [0.2, 0.25) is 0 Å². The van der Waals surface area contributed by atoms with E-state index in [1.807, 2.05) is 19.1 Å². The Kier molecular flexibility index (Phi) is 2.91. The number of ether oxygens (including phenoxy) is 2. The van der Waals surface area contributed by atoms with Gasteiger partial charge >= 0.3 is 0 Å². The molecule has 2 rings (SSSR count). The molecule has 0 amide bonds. The van der Waals surface area contributed by atoms with Crippen molar-refractivity contribution < 1.29 is 9.47 Å². The number of benzene rings is 1. The van der Waals surface area contributed by atoms with Gasteiger partial charge < -0.3 is 15.2 Å². The number of methoxy groups -OCH3 is 2. The first-order valence-electron chi connectivity index (χ1n) is 5.19. The lowest BCUT2D eigenvalue weighted by atomic mass is 10.0. The molecule has 0 radical (unpaired) electrons. The lowest BCUT2D eigenvalue weighted by molar-refractivity contribution is 0.393. The van der Waals surface area contributed by atoms with Crippen LogP contribution >= 0.6 is 0 Å². The average Bonchev–Trinajstić information content (AvgIpc) is 2.75. The van der Waals surface area contributed by atoms with Gasteiger partial charge in [0.05, 0.1) is 20.4 Å². The third kappa shape index (κ3) is 1.91. The van der Waals surface area contributed by atoms with E-state index in [2.05, 4.69) is 10.2 Å². The van der Waals surface area contributed by atoms with Crippen LogP contribution in [0.5, 0.6) is 11.5 Å². The molecule has 0 aliphatic heterocycles. The minimum Gasteiger partial charge on any atom is -0.496 e. The zero-order chi connectivity index (χ0) is 12.4. The summed E-state index contributed by atoms with van der Waals surface area (Å²) in [5.41, 5.74) is 8.56. The van der Waals surface area contributed by atoms with E-state index in [0.717, 1.165) is 22.4 Å². The summed E-state index contributed by atoms with van der Waals surface area (Å²) in [5, 5.41) is 6.62. The summed E-state index contributed by atoms with van der Waals surface area (Å²) in [6.07, 6.45) is 1.68. The van der Waals surface area contributed by atoms with Crippen LogP contribution in [0.1, 0.15) is 5.56 Å². The van der Waals surface area contributed by atoms with Crippen LogP contribution in [0.25, 0.3) is 11.1 Å². The number of nitrogens with two attached hydrogens (primary N) is 1. The van der Waals surface area contributed by atoms with E-state index in [9.17, 15) is 0 Å². The van der Waals surface area contributed by atoms with Crippen LogP contribution in [0.15, 0.2) is 18.3 Å². The highest BCUT2D eigenvalue weighted by Crippen LogP contribution is 2.37. The molecule has 90 valence electrons. The molecule has 0 bridgehead atoms. The molecule has 1 heterocycles. The molecule has 0 fully saturated rings. The molecule has 0 spiro atoms. The summed E-state index contributed by atoms with van der Waals surface area (Å²) in [7, 11) is 3.25. The molecule has 5 heteroatoms. The Morgan fingerprint density at radius 1 is 1.12 bits per heavy atom. The Morgan fingerprint density at radius 3 is 2.35 bits per heavy atom. The minimum atomic E-state index is 0.521. The van der Waals surface area contributed by atoms with Crippen LogP contribution in [0.4, 0.5) is 5.82 Å². The molecule has 0 aliphatic rings. The van der Waals surface area contributed by atoms with Gasteiger partial charge in [0.25, 0.3) is 0 Å². The van der Waals surface area contributed by atoms with Crippen LogP contribution < -0.4 is 15.2 Å². The number of nitrogens with one attached hydrogen (secondary N) is 1. The van der Waals surface area contributed by atoms with Gasteiger partial charge in [-0.25, -0.2) is 0 Å². The van der Waals surface area contributed by atoms with Gasteiger partial charge in [-0.2, -0.15) is 5.10 Å². The zero-order valence-electron chi connectivity index (χ0n) is 10.1. The minimum absolute atomic E-state index is 0.521. The van der Waals surface area contributed by atoms with Crippen LogP contribution in [-0.4, -0.2) is 24.4 Å². The highest BCUT2D eigenvalue weighted by molar-refractivity contribution is 5.79. The molecule has 0 unspecified atom stereocenters. The number of rotatable bonds is 3. The number of aryl methyl sites for hydroxylation is 1. The first-order chi connectivity index (χ1) is 8.17. The molecular formula is C12H15N3O2. The molecule has 0 aliphatic carbocycles. The number of hydrogen-bond acceptors (Lipinski definition) is 4. The van der Waals surface area contributed by atoms with Gasteiger partial charge in [0, 0.05) is 17.2 Å². The normalized spacial score (nSPS) is 10.3. The Bertz CT molecular complexity index is 535. The van der Waals surface area contributed by atoms with Crippen molar-refractivity contribution in [3.63, 3.8) is 0 Å². The third-order valence-corrected chi connectivity index (χ3v) is 2.68. The molecule has 1 aromatic carbocycles. The van der Waals surface area contributed by atoms with Crippen molar-refractivity contribution in [3.8, 4) is 22.6 Å². The van der Waals surface area contributed by atoms with Crippen LogP contribution in [0, 0.1) is 6.92 Å². The maximum atomic E-state index is 5.81. The van der Waals surface area contributed by atoms with Gasteiger partial charge in [-0.1, -0.05) is 0 Å². The molecule has 1 aromatic heterocycles. The highest BCUT2D eigenvalue weighted by Gasteiger charge is 2.13. The largest absolute Gasteiger partial charge is 0.496 e. The first-order valence-corrected chi connectivity index (χ1v) is 5.19. The van der Waals surface area contributed by atoms with Gasteiger partial charge in [-0.05, 0) is 18.6 Å². The van der Waals surface area contributed by atoms with Crippen molar-refractivity contribution in [1.82, 2.24) is 10.2 Å². The zero-order valence-corrected chi connectivity index (χ0v) is 10.1. The van der Waals surface area contributed by atoms with Crippen molar-refractivity contribution in [2.24, 2.45) is 0 Å². The number of anilines is 1. The van der Waals surface area contributed by atoms with E-state index in [-0.39, 0.29) is 0 Å². The smallest absolute Gasteiger partial charge is 0.130 e. The van der Waals surface area contributed by atoms with E-state index in [0.29, 0.717) is 11.6 Å². The molecule has 0 saturated heterocycles. The lowest BCUT2D eigenvalue weighted by Crippen LogP contribution is -1.94. The first kappa shape index (κ1) is 11.3. The highest BCUT2D eigenvalue weighted by atomic mass is 16.5. The van der Waals surface area contributed by atoms with Crippen molar-refractivity contribution in [2.45, 2.75) is 6.92 Å². The summed E-state index contributed by atoms with van der Waals surface area (Å²) < 4.78 is 10.6. The Labute approximate surface area is 99.5 Å². The molecular weight excluding hydrogens is 218 g/mol. The second-order valence-corrected chi connectivity index (χ2v) is 3.72. The van der Waals surface area contributed by atoms with E-state index >= 15 is 0 Å². The fourth-order valence-corrected chi connectivity index (χ4v) is 1.78. The van der Waals surface area contributed by atoms with Crippen molar-refractivity contribution in [2.75, 3.05) is 20.0 Å². The van der Waals surface area contributed by atoms with Gasteiger partial charge in [0.15, 0.2) is 0 Å². The number of aromatic amines is 1. The molecule has 5 nitrogen and oxygen atoms in total. The third-order valence-electron chi connectivity index (χ3n) is 2.68. The van der Waals surface area contributed by atoms with Crippen LogP contribution in [0.3, 0.4) is 0 Å². The second-order valence-electron chi connectivity index (χ2n) is 3.72. The standard InChI is InChI=1S/C12H15N3O2/c1-7-4-8(9-6-14-15-12(9)13)11(17-3)5-10(7)16-2/h4-6H,1-3H3,(H3,13,14,15). The number of H-pyrrole nitrogens is 1. The maximum Gasteiger partial charge on any atom is 0.130 e. The second kappa shape index (κ2) is 4.37. The van der Waals surface area contributed by atoms with Crippen LogP contribution in [0.2, 0.25) is 0 Å². The number of aromatic nitrogens is 2. The lowest BCUT2D eigenvalue weighted by Gasteiger charge is -2.12. The summed E-state index contributed by atoms with van der Waals surface area (Å²) in [4.78, 5) is 0. The van der Waals surface area contributed by atoms with Crippen molar-refractivity contribution in [1.29, 1.82) is 0 Å².